The van der Waals surface area contributed by atoms with Crippen LogP contribution in [0.4, 0.5) is 0 Å². The molecule has 0 saturated heterocycles. The highest BCUT2D eigenvalue weighted by molar-refractivity contribution is 7.54. The van der Waals surface area contributed by atoms with Gasteiger partial charge in [-0.05, 0) is 29.3 Å². The zero-order valence-corrected chi connectivity index (χ0v) is 21.7. The van der Waals surface area contributed by atoms with Crippen LogP contribution in [0.15, 0.2) is 60.7 Å². The summed E-state index contributed by atoms with van der Waals surface area (Å²) < 4.78 is 29.7. The lowest BCUT2D eigenvalue weighted by atomic mass is 10.2. The molecule has 0 unspecified atom stereocenters. The van der Waals surface area contributed by atoms with Gasteiger partial charge in [-0.1, -0.05) is 81.4 Å². The molecule has 8 heteroatoms. The summed E-state index contributed by atoms with van der Waals surface area (Å²) in [4.78, 5) is 12.4. The average molecular weight is 478 g/mol. The van der Waals surface area contributed by atoms with Crippen molar-refractivity contribution in [2.24, 2.45) is 0 Å². The fraction of sp³-hybridized carbons (Fsp3) is 0.458. The molecule has 0 fully saturated rings. The standard InChI is InChI=1S/C24H36NO5PSi/c1-6-28-31(27,29-7-2)20-23(26)25-18-19-30-32(24(3,4)5,21-14-10-8-11-15-21)22-16-12-9-13-17-22/h8-17H,6-7,18-20H2,1-5H3,(H,25,26). The van der Waals surface area contributed by atoms with Crippen molar-refractivity contribution >= 4 is 32.2 Å². The number of amides is 1. The van der Waals surface area contributed by atoms with Gasteiger partial charge in [0.05, 0.1) is 19.8 Å². The normalized spacial score (nSPS) is 12.5. The Morgan fingerprint density at radius 3 is 1.78 bits per heavy atom. The third-order valence-electron chi connectivity index (χ3n) is 5.15. The van der Waals surface area contributed by atoms with Crippen LogP contribution in [0.2, 0.25) is 5.04 Å². The third kappa shape index (κ3) is 6.62. The first kappa shape index (κ1) is 26.5. The predicted octanol–water partition coefficient (Wildman–Crippen LogP) is 3.95. The number of hydrogen-bond acceptors (Lipinski definition) is 5. The first-order valence-corrected chi connectivity index (χ1v) is 14.7. The van der Waals surface area contributed by atoms with Gasteiger partial charge < -0.3 is 18.8 Å². The van der Waals surface area contributed by atoms with E-state index in [0.29, 0.717) is 13.2 Å². The maximum atomic E-state index is 12.6. The van der Waals surface area contributed by atoms with Crippen LogP contribution in [0.5, 0.6) is 0 Å². The number of rotatable bonds is 12. The van der Waals surface area contributed by atoms with Gasteiger partial charge in [0.2, 0.25) is 5.91 Å². The lowest BCUT2D eigenvalue weighted by molar-refractivity contribution is -0.119. The zero-order chi connectivity index (χ0) is 23.7. The Balaban J connectivity index is 2.17. The third-order valence-corrected chi connectivity index (χ3v) is 12.2. The second-order valence-electron chi connectivity index (χ2n) is 8.47. The second-order valence-corrected chi connectivity index (χ2v) is 14.8. The molecular weight excluding hydrogens is 441 g/mol. The van der Waals surface area contributed by atoms with Crippen LogP contribution in [-0.2, 0) is 22.8 Å². The maximum absolute atomic E-state index is 12.6. The number of benzene rings is 2. The minimum atomic E-state index is -3.42. The molecule has 6 nitrogen and oxygen atoms in total. The fourth-order valence-electron chi connectivity index (χ4n) is 3.91. The number of carbonyl (C=O) groups is 1. The van der Waals surface area contributed by atoms with Crippen molar-refractivity contribution in [2.45, 2.75) is 39.7 Å². The van der Waals surface area contributed by atoms with Crippen LogP contribution in [0.1, 0.15) is 34.6 Å². The molecular formula is C24H36NO5PSi. The highest BCUT2D eigenvalue weighted by Crippen LogP contribution is 2.47. The van der Waals surface area contributed by atoms with E-state index in [1.807, 2.05) is 36.4 Å². The maximum Gasteiger partial charge on any atom is 0.340 e. The molecule has 0 radical (unpaired) electrons. The van der Waals surface area contributed by atoms with Gasteiger partial charge in [-0.2, -0.15) is 0 Å². The summed E-state index contributed by atoms with van der Waals surface area (Å²) >= 11 is 0. The molecule has 0 aromatic heterocycles. The summed E-state index contributed by atoms with van der Waals surface area (Å²) in [7, 11) is -6.07. The highest BCUT2D eigenvalue weighted by atomic mass is 31.2. The fourth-order valence-corrected chi connectivity index (χ4v) is 9.98. The van der Waals surface area contributed by atoms with E-state index in [1.165, 1.54) is 10.4 Å². The molecule has 0 spiro atoms. The molecule has 0 aliphatic heterocycles. The van der Waals surface area contributed by atoms with Crippen LogP contribution in [-0.4, -0.2) is 46.8 Å². The Hall–Kier alpha value is -1.76. The first-order valence-electron chi connectivity index (χ1n) is 11.1. The topological polar surface area (TPSA) is 73.9 Å². The van der Waals surface area contributed by atoms with E-state index < -0.39 is 15.9 Å². The van der Waals surface area contributed by atoms with Crippen molar-refractivity contribution in [3.05, 3.63) is 60.7 Å². The van der Waals surface area contributed by atoms with Crippen molar-refractivity contribution in [3.8, 4) is 0 Å². The molecule has 176 valence electrons. The van der Waals surface area contributed by atoms with Gasteiger partial charge in [0.15, 0.2) is 0 Å². The Morgan fingerprint density at radius 1 is 0.906 bits per heavy atom. The quantitative estimate of drug-likeness (QED) is 0.285. The van der Waals surface area contributed by atoms with Gasteiger partial charge in [-0.3, -0.25) is 9.36 Å². The smallest absolute Gasteiger partial charge is 0.340 e. The molecule has 2 rings (SSSR count). The molecule has 1 N–H and O–H groups in total. The molecule has 0 heterocycles. The summed E-state index contributed by atoms with van der Waals surface area (Å²) in [5.41, 5.74) is 0. The van der Waals surface area contributed by atoms with E-state index in [1.54, 1.807) is 13.8 Å². The van der Waals surface area contributed by atoms with Gasteiger partial charge in [-0.15, -0.1) is 0 Å². The summed E-state index contributed by atoms with van der Waals surface area (Å²) in [6.45, 7) is 11.2. The van der Waals surface area contributed by atoms with Crippen molar-refractivity contribution in [1.29, 1.82) is 0 Å². The molecule has 2 aromatic rings. The summed E-state index contributed by atoms with van der Waals surface area (Å²) in [5, 5.41) is 5.03. The molecule has 1 amide bonds. The van der Waals surface area contributed by atoms with E-state index in [9.17, 15) is 9.36 Å². The largest absolute Gasteiger partial charge is 0.406 e. The van der Waals surface area contributed by atoms with Crippen LogP contribution in [0.25, 0.3) is 0 Å². The van der Waals surface area contributed by atoms with Gasteiger partial charge in [0.25, 0.3) is 8.32 Å². The van der Waals surface area contributed by atoms with E-state index in [0.717, 1.165) is 0 Å². The Bertz CT molecular complexity index is 837. The minimum Gasteiger partial charge on any atom is -0.406 e. The number of hydrogen-bond donors (Lipinski definition) is 1. The van der Waals surface area contributed by atoms with Crippen LogP contribution >= 0.6 is 7.60 Å². The van der Waals surface area contributed by atoms with Crippen molar-refractivity contribution in [1.82, 2.24) is 5.32 Å². The predicted molar refractivity (Wildman–Crippen MR) is 132 cm³/mol. The summed E-state index contributed by atoms with van der Waals surface area (Å²) in [5.74, 6) is -0.374. The highest BCUT2D eigenvalue weighted by Gasteiger charge is 2.50. The van der Waals surface area contributed by atoms with Crippen LogP contribution in [0, 0.1) is 0 Å². The lowest BCUT2D eigenvalue weighted by Gasteiger charge is -2.43. The Morgan fingerprint density at radius 2 is 1.38 bits per heavy atom. The number of nitrogens with one attached hydrogen (secondary N) is 1. The first-order chi connectivity index (χ1) is 15.2. The molecule has 0 bridgehead atoms. The van der Waals surface area contributed by atoms with Crippen molar-refractivity contribution in [3.63, 3.8) is 0 Å². The molecule has 0 saturated carbocycles. The molecule has 0 aliphatic carbocycles. The SMILES string of the molecule is CCOP(=O)(CC(=O)NCCO[Si](c1ccccc1)(c1ccccc1)C(C)(C)C)OCC. The molecule has 0 atom stereocenters. The lowest BCUT2D eigenvalue weighted by Crippen LogP contribution is -2.67. The summed E-state index contributed by atoms with van der Waals surface area (Å²) in [6, 6.07) is 20.7. The van der Waals surface area contributed by atoms with E-state index in [-0.39, 0.29) is 30.3 Å². The van der Waals surface area contributed by atoms with E-state index in [2.05, 4.69) is 50.4 Å². The van der Waals surface area contributed by atoms with Gasteiger partial charge in [0.1, 0.15) is 6.16 Å². The van der Waals surface area contributed by atoms with Gasteiger partial charge in [0, 0.05) is 6.54 Å². The van der Waals surface area contributed by atoms with E-state index >= 15 is 0 Å². The van der Waals surface area contributed by atoms with Crippen LogP contribution in [0.3, 0.4) is 0 Å². The average Bonchev–Trinajstić information content (AvgIpc) is 2.74. The Kier molecular flexibility index (Phi) is 9.86. The molecule has 32 heavy (non-hydrogen) atoms. The number of carbonyl (C=O) groups excluding carboxylic acids is 1. The summed E-state index contributed by atoms with van der Waals surface area (Å²) in [6.07, 6.45) is -0.298. The van der Waals surface area contributed by atoms with Crippen LogP contribution < -0.4 is 15.7 Å². The second kappa shape index (κ2) is 11.9. The van der Waals surface area contributed by atoms with E-state index in [4.69, 9.17) is 13.5 Å². The van der Waals surface area contributed by atoms with Gasteiger partial charge in [-0.25, -0.2) is 0 Å². The van der Waals surface area contributed by atoms with Gasteiger partial charge >= 0.3 is 7.60 Å². The zero-order valence-electron chi connectivity index (χ0n) is 19.8. The molecule has 0 aliphatic rings. The minimum absolute atomic E-state index is 0.140. The Labute approximate surface area is 193 Å². The molecule has 2 aromatic carbocycles. The van der Waals surface area contributed by atoms with Crippen molar-refractivity contribution in [2.75, 3.05) is 32.5 Å². The monoisotopic (exact) mass is 477 g/mol. The van der Waals surface area contributed by atoms with Crippen molar-refractivity contribution < 1.29 is 22.8 Å².